The smallest absolute Gasteiger partial charge is 0.0117 e. The van der Waals surface area contributed by atoms with Crippen molar-refractivity contribution in [1.29, 1.82) is 0 Å². The summed E-state index contributed by atoms with van der Waals surface area (Å²) in [6, 6.07) is 11.3. The Morgan fingerprint density at radius 3 is 2.50 bits per heavy atom. The summed E-state index contributed by atoms with van der Waals surface area (Å²) in [4.78, 5) is 0. The summed E-state index contributed by atoms with van der Waals surface area (Å²) in [5.74, 6) is 0. The highest BCUT2D eigenvalue weighted by Gasteiger charge is 2.23. The van der Waals surface area contributed by atoms with Gasteiger partial charge in [0.1, 0.15) is 0 Å². The molecule has 0 fully saturated rings. The first kappa shape index (κ1) is 9.89. The van der Waals surface area contributed by atoms with Crippen LogP contribution in [-0.2, 0) is 18.3 Å². The van der Waals surface area contributed by atoms with E-state index in [0.29, 0.717) is 0 Å². The molecule has 0 saturated carbocycles. The molecule has 2 aromatic carbocycles. The van der Waals surface area contributed by atoms with Crippen molar-refractivity contribution in [3.8, 4) is 0 Å². The van der Waals surface area contributed by atoms with E-state index in [1.807, 2.05) is 0 Å². The largest absolute Gasteiger partial charge is 0.0614 e. The van der Waals surface area contributed by atoms with E-state index in [1.165, 1.54) is 29.2 Å². The molecular weight excluding hydrogens is 192 g/mol. The fourth-order valence-electron chi connectivity index (χ4n) is 2.97. The van der Waals surface area contributed by atoms with Crippen molar-refractivity contribution >= 4 is 10.8 Å². The lowest BCUT2D eigenvalue weighted by Gasteiger charge is -2.22. The SMILES string of the molecule is CC(C)(C)c1ccc2cccc3c2c1CC3. The molecule has 0 aromatic heterocycles. The van der Waals surface area contributed by atoms with E-state index in [4.69, 9.17) is 0 Å². The van der Waals surface area contributed by atoms with Gasteiger partial charge in [0.25, 0.3) is 0 Å². The first-order chi connectivity index (χ1) is 7.57. The van der Waals surface area contributed by atoms with Crippen molar-refractivity contribution in [2.24, 2.45) is 0 Å². The van der Waals surface area contributed by atoms with Crippen LogP contribution in [-0.4, -0.2) is 0 Å². The van der Waals surface area contributed by atoms with Crippen LogP contribution in [0.2, 0.25) is 0 Å². The van der Waals surface area contributed by atoms with Crippen molar-refractivity contribution in [1.82, 2.24) is 0 Å². The Bertz CT molecular complexity index is 556. The van der Waals surface area contributed by atoms with E-state index in [-0.39, 0.29) is 5.41 Å². The molecule has 0 heterocycles. The fraction of sp³-hybridized carbons (Fsp3) is 0.375. The molecular formula is C16H18. The highest BCUT2D eigenvalue weighted by molar-refractivity contribution is 5.92. The lowest BCUT2D eigenvalue weighted by molar-refractivity contribution is 0.584. The maximum atomic E-state index is 2.33. The minimum atomic E-state index is 0.265. The van der Waals surface area contributed by atoms with Crippen LogP contribution in [0.25, 0.3) is 10.8 Å². The number of hydrogen-bond donors (Lipinski definition) is 0. The van der Waals surface area contributed by atoms with E-state index in [9.17, 15) is 0 Å². The van der Waals surface area contributed by atoms with Gasteiger partial charge in [0.15, 0.2) is 0 Å². The molecule has 0 unspecified atom stereocenters. The maximum absolute atomic E-state index is 2.33. The molecule has 0 radical (unpaired) electrons. The monoisotopic (exact) mass is 210 g/mol. The van der Waals surface area contributed by atoms with Crippen LogP contribution in [0.5, 0.6) is 0 Å². The predicted molar refractivity (Wildman–Crippen MR) is 70.1 cm³/mol. The number of benzene rings is 2. The summed E-state index contributed by atoms with van der Waals surface area (Å²) >= 11 is 0. The first-order valence-corrected chi connectivity index (χ1v) is 6.11. The van der Waals surface area contributed by atoms with E-state index < -0.39 is 0 Å². The molecule has 1 aliphatic carbocycles. The second-order valence-corrected chi connectivity index (χ2v) is 5.86. The van der Waals surface area contributed by atoms with Crippen molar-refractivity contribution in [3.63, 3.8) is 0 Å². The van der Waals surface area contributed by atoms with Gasteiger partial charge in [0.05, 0.1) is 0 Å². The van der Waals surface area contributed by atoms with Crippen LogP contribution >= 0.6 is 0 Å². The lowest BCUT2D eigenvalue weighted by Crippen LogP contribution is -2.13. The summed E-state index contributed by atoms with van der Waals surface area (Å²) in [5.41, 5.74) is 4.94. The van der Waals surface area contributed by atoms with E-state index in [2.05, 4.69) is 51.1 Å². The topological polar surface area (TPSA) is 0 Å². The third kappa shape index (κ3) is 1.29. The molecule has 0 spiro atoms. The predicted octanol–water partition coefficient (Wildman–Crippen LogP) is 4.24. The Hall–Kier alpha value is -1.30. The molecule has 0 N–H and O–H groups in total. The fourth-order valence-corrected chi connectivity index (χ4v) is 2.97. The van der Waals surface area contributed by atoms with Crippen LogP contribution in [0.3, 0.4) is 0 Å². The average molecular weight is 210 g/mol. The van der Waals surface area contributed by atoms with Gasteiger partial charge in [-0.1, -0.05) is 51.1 Å². The number of hydrogen-bond acceptors (Lipinski definition) is 0. The van der Waals surface area contributed by atoms with E-state index in [0.717, 1.165) is 0 Å². The second kappa shape index (κ2) is 3.10. The highest BCUT2D eigenvalue weighted by Crippen LogP contribution is 2.37. The quantitative estimate of drug-likeness (QED) is 0.610. The van der Waals surface area contributed by atoms with Gasteiger partial charge < -0.3 is 0 Å². The van der Waals surface area contributed by atoms with E-state index in [1.54, 1.807) is 11.1 Å². The van der Waals surface area contributed by atoms with Gasteiger partial charge in [0.2, 0.25) is 0 Å². The summed E-state index contributed by atoms with van der Waals surface area (Å²) in [7, 11) is 0. The Kier molecular flexibility index (Phi) is 1.92. The third-order valence-corrected chi connectivity index (χ3v) is 3.69. The lowest BCUT2D eigenvalue weighted by atomic mass is 9.82. The molecule has 1 aliphatic rings. The zero-order chi connectivity index (χ0) is 11.3. The molecule has 82 valence electrons. The Morgan fingerprint density at radius 2 is 1.75 bits per heavy atom. The second-order valence-electron chi connectivity index (χ2n) is 5.86. The van der Waals surface area contributed by atoms with Gasteiger partial charge in [-0.3, -0.25) is 0 Å². The van der Waals surface area contributed by atoms with Crippen LogP contribution in [0.1, 0.15) is 37.5 Å². The Balaban J connectivity index is 2.39. The van der Waals surface area contributed by atoms with Gasteiger partial charge in [-0.05, 0) is 45.7 Å². The molecule has 2 aromatic rings. The van der Waals surface area contributed by atoms with Crippen molar-refractivity contribution in [2.45, 2.75) is 39.0 Å². The molecule has 0 atom stereocenters. The summed E-state index contributed by atoms with van der Waals surface area (Å²) in [6.45, 7) is 6.93. The zero-order valence-electron chi connectivity index (χ0n) is 10.3. The molecule has 0 aliphatic heterocycles. The van der Waals surface area contributed by atoms with Crippen LogP contribution in [0.4, 0.5) is 0 Å². The van der Waals surface area contributed by atoms with Crippen LogP contribution in [0, 0.1) is 0 Å². The van der Waals surface area contributed by atoms with Gasteiger partial charge in [-0.2, -0.15) is 0 Å². The summed E-state index contributed by atoms with van der Waals surface area (Å²) in [5, 5.41) is 2.95. The molecule has 3 rings (SSSR count). The zero-order valence-corrected chi connectivity index (χ0v) is 10.3. The minimum absolute atomic E-state index is 0.265. The van der Waals surface area contributed by atoms with Crippen molar-refractivity contribution < 1.29 is 0 Å². The van der Waals surface area contributed by atoms with Gasteiger partial charge in [0, 0.05) is 0 Å². The Morgan fingerprint density at radius 1 is 0.938 bits per heavy atom. The summed E-state index contributed by atoms with van der Waals surface area (Å²) < 4.78 is 0. The van der Waals surface area contributed by atoms with Crippen LogP contribution in [0.15, 0.2) is 30.3 Å². The molecule has 0 saturated heterocycles. The van der Waals surface area contributed by atoms with E-state index >= 15 is 0 Å². The standard InChI is InChI=1S/C16H18/c1-16(2,3)14-10-8-12-6-4-5-11-7-9-13(14)15(11)12/h4-6,8,10H,7,9H2,1-3H3. The van der Waals surface area contributed by atoms with Gasteiger partial charge in [-0.25, -0.2) is 0 Å². The minimum Gasteiger partial charge on any atom is -0.0614 e. The van der Waals surface area contributed by atoms with Gasteiger partial charge in [-0.15, -0.1) is 0 Å². The third-order valence-electron chi connectivity index (χ3n) is 3.69. The molecule has 0 heteroatoms. The molecule has 0 amide bonds. The van der Waals surface area contributed by atoms with Crippen LogP contribution < -0.4 is 0 Å². The highest BCUT2D eigenvalue weighted by atomic mass is 14.3. The first-order valence-electron chi connectivity index (χ1n) is 6.11. The molecule has 0 nitrogen and oxygen atoms in total. The van der Waals surface area contributed by atoms with Crippen molar-refractivity contribution in [2.75, 3.05) is 0 Å². The van der Waals surface area contributed by atoms with Crippen molar-refractivity contribution in [3.05, 3.63) is 47.0 Å². The number of aryl methyl sites for hydroxylation is 2. The van der Waals surface area contributed by atoms with Gasteiger partial charge >= 0.3 is 0 Å². The number of rotatable bonds is 0. The molecule has 0 bridgehead atoms. The Labute approximate surface area is 97.3 Å². The summed E-state index contributed by atoms with van der Waals surface area (Å²) in [6.07, 6.45) is 2.45. The normalized spacial score (nSPS) is 14.7. The molecule has 16 heavy (non-hydrogen) atoms. The average Bonchev–Trinajstić information content (AvgIpc) is 2.63. The maximum Gasteiger partial charge on any atom is -0.0117 e.